The molecule has 2 aromatic rings. The summed E-state index contributed by atoms with van der Waals surface area (Å²) in [5.74, 6) is 1.14. The minimum Gasteiger partial charge on any atom is -0.459 e. The molecule has 0 aliphatic rings. The first-order chi connectivity index (χ1) is 9.35. The second-order valence-corrected chi connectivity index (χ2v) is 6.88. The summed E-state index contributed by atoms with van der Waals surface area (Å²) in [4.78, 5) is 20.4. The fourth-order valence-corrected chi connectivity index (χ4v) is 2.36. The number of fused-ring (bicyclic) bond motifs is 1. The molecular weight excluding hydrogens is 274 g/mol. The molecule has 2 heterocycles. The van der Waals surface area contributed by atoms with Crippen LogP contribution in [0.3, 0.4) is 0 Å². The molecule has 0 radical (unpaired) electrons. The van der Waals surface area contributed by atoms with Crippen molar-refractivity contribution in [2.24, 2.45) is 0 Å². The predicted molar refractivity (Wildman–Crippen MR) is 79.6 cm³/mol. The van der Waals surface area contributed by atoms with Crippen molar-refractivity contribution in [1.82, 2.24) is 14.4 Å². The number of hydrogen-bond donors (Lipinski definition) is 0. The first-order valence-corrected chi connectivity index (χ1v) is 7.53. The Morgan fingerprint density at radius 1 is 1.50 bits per heavy atom. The lowest BCUT2D eigenvalue weighted by Gasteiger charge is -2.21. The molecule has 0 unspecified atom stereocenters. The summed E-state index contributed by atoms with van der Waals surface area (Å²) in [5, 5.41) is -0.216. The van der Waals surface area contributed by atoms with E-state index in [0.29, 0.717) is 11.5 Å². The molecular formula is C14H19N3O2S. The van der Waals surface area contributed by atoms with Gasteiger partial charge in [-0.25, -0.2) is 9.97 Å². The van der Waals surface area contributed by atoms with Crippen LogP contribution in [-0.2, 0) is 15.3 Å². The number of carbonyl (C=O) groups is 1. The van der Waals surface area contributed by atoms with Gasteiger partial charge in [0, 0.05) is 24.3 Å². The summed E-state index contributed by atoms with van der Waals surface area (Å²) in [7, 11) is 0. The normalized spacial score (nSPS) is 13.4. The Labute approximate surface area is 122 Å². The molecule has 0 fully saturated rings. The van der Waals surface area contributed by atoms with Gasteiger partial charge in [0.1, 0.15) is 5.60 Å². The van der Waals surface area contributed by atoms with Gasteiger partial charge in [-0.2, -0.15) is 0 Å². The molecule has 0 aliphatic carbocycles. The minimum atomic E-state index is -0.446. The Kier molecular flexibility index (Phi) is 4.32. The predicted octanol–water partition coefficient (Wildman–Crippen LogP) is 2.69. The van der Waals surface area contributed by atoms with E-state index >= 15 is 0 Å². The van der Waals surface area contributed by atoms with Crippen molar-refractivity contribution in [3.63, 3.8) is 0 Å². The largest absolute Gasteiger partial charge is 0.459 e. The maximum Gasteiger partial charge on any atom is 0.319 e. The Balaban J connectivity index is 1.93. The summed E-state index contributed by atoms with van der Waals surface area (Å²) in [6.45, 7) is 7.47. The number of carbonyl (C=O) groups excluding carboxylic acids is 1. The van der Waals surface area contributed by atoms with Gasteiger partial charge < -0.3 is 4.74 Å². The van der Waals surface area contributed by atoms with Crippen LogP contribution < -0.4 is 0 Å². The monoisotopic (exact) mass is 293 g/mol. The number of imidazole rings is 1. The zero-order valence-corrected chi connectivity index (χ0v) is 13.0. The van der Waals surface area contributed by atoms with Crippen molar-refractivity contribution in [2.45, 2.75) is 44.3 Å². The standard InChI is InChI=1S/C14H19N3O2S/c1-10(12(18)19-14(2,3)4)20-9-11-8-17-7-5-6-15-13(17)16-11/h5-8,10H,9H2,1-4H3/t10-/m1/s1. The van der Waals surface area contributed by atoms with Gasteiger partial charge in [0.25, 0.3) is 0 Å². The Bertz CT molecular complexity index is 571. The highest BCUT2D eigenvalue weighted by molar-refractivity contribution is 7.99. The average Bonchev–Trinajstić information content (AvgIpc) is 2.76. The van der Waals surface area contributed by atoms with Gasteiger partial charge in [-0.05, 0) is 33.8 Å². The smallest absolute Gasteiger partial charge is 0.319 e. The van der Waals surface area contributed by atoms with E-state index in [9.17, 15) is 4.79 Å². The summed E-state index contributed by atoms with van der Waals surface area (Å²) < 4.78 is 7.22. The van der Waals surface area contributed by atoms with Gasteiger partial charge in [0.2, 0.25) is 5.78 Å². The number of hydrogen-bond acceptors (Lipinski definition) is 5. The lowest BCUT2D eigenvalue weighted by atomic mass is 10.2. The molecule has 0 bridgehead atoms. The molecule has 6 heteroatoms. The van der Waals surface area contributed by atoms with Crippen LogP contribution in [0.1, 0.15) is 33.4 Å². The van der Waals surface area contributed by atoms with Crippen molar-refractivity contribution >= 4 is 23.5 Å². The second-order valence-electron chi connectivity index (χ2n) is 5.55. The molecule has 5 nitrogen and oxygen atoms in total. The number of aromatic nitrogens is 3. The topological polar surface area (TPSA) is 56.5 Å². The van der Waals surface area contributed by atoms with Crippen molar-refractivity contribution < 1.29 is 9.53 Å². The zero-order chi connectivity index (χ0) is 14.8. The van der Waals surface area contributed by atoms with E-state index in [1.54, 1.807) is 6.20 Å². The molecule has 2 rings (SSSR count). The fourth-order valence-electron chi connectivity index (χ4n) is 1.61. The van der Waals surface area contributed by atoms with Gasteiger partial charge in [0.05, 0.1) is 10.9 Å². The van der Waals surface area contributed by atoms with E-state index in [2.05, 4.69) is 9.97 Å². The molecule has 0 saturated carbocycles. The third kappa shape index (κ3) is 3.96. The maximum absolute atomic E-state index is 11.9. The van der Waals surface area contributed by atoms with Crippen LogP contribution >= 0.6 is 11.8 Å². The molecule has 0 N–H and O–H groups in total. The second kappa shape index (κ2) is 5.83. The van der Waals surface area contributed by atoms with Crippen LogP contribution in [0.25, 0.3) is 5.78 Å². The van der Waals surface area contributed by atoms with Crippen LogP contribution in [0.2, 0.25) is 0 Å². The highest BCUT2D eigenvalue weighted by Crippen LogP contribution is 2.20. The highest BCUT2D eigenvalue weighted by atomic mass is 32.2. The quantitative estimate of drug-likeness (QED) is 0.811. The number of esters is 1. The summed E-state index contributed by atoms with van der Waals surface area (Å²) in [5.41, 5.74) is 0.461. The third-order valence-electron chi connectivity index (χ3n) is 2.51. The van der Waals surface area contributed by atoms with E-state index in [1.807, 2.05) is 50.6 Å². The SMILES string of the molecule is C[C@@H](SCc1cn2cccnc2n1)C(=O)OC(C)(C)C. The lowest BCUT2D eigenvalue weighted by Crippen LogP contribution is -2.28. The number of rotatable bonds is 4. The van der Waals surface area contributed by atoms with Crippen molar-refractivity contribution in [2.75, 3.05) is 0 Å². The molecule has 0 spiro atoms. The van der Waals surface area contributed by atoms with Gasteiger partial charge in [-0.15, -0.1) is 11.8 Å². The molecule has 20 heavy (non-hydrogen) atoms. The van der Waals surface area contributed by atoms with Gasteiger partial charge in [0.15, 0.2) is 0 Å². The van der Waals surface area contributed by atoms with Crippen LogP contribution in [0.5, 0.6) is 0 Å². The van der Waals surface area contributed by atoms with Gasteiger partial charge >= 0.3 is 5.97 Å². The van der Waals surface area contributed by atoms with Crippen molar-refractivity contribution in [3.8, 4) is 0 Å². The molecule has 2 aromatic heterocycles. The van der Waals surface area contributed by atoms with Crippen molar-refractivity contribution in [1.29, 1.82) is 0 Å². The Morgan fingerprint density at radius 3 is 2.90 bits per heavy atom. The van der Waals surface area contributed by atoms with E-state index < -0.39 is 5.60 Å². The van der Waals surface area contributed by atoms with E-state index in [0.717, 1.165) is 5.69 Å². The van der Waals surface area contributed by atoms with E-state index in [1.165, 1.54) is 11.8 Å². The molecule has 0 aliphatic heterocycles. The van der Waals surface area contributed by atoms with Crippen LogP contribution in [0.4, 0.5) is 0 Å². The minimum absolute atomic E-state index is 0.190. The highest BCUT2D eigenvalue weighted by Gasteiger charge is 2.22. The van der Waals surface area contributed by atoms with E-state index in [4.69, 9.17) is 4.74 Å². The van der Waals surface area contributed by atoms with Crippen molar-refractivity contribution in [3.05, 3.63) is 30.4 Å². The Hall–Kier alpha value is -1.56. The lowest BCUT2D eigenvalue weighted by molar-refractivity contribution is -0.153. The van der Waals surface area contributed by atoms with Crippen LogP contribution in [0, 0.1) is 0 Å². The number of nitrogens with zero attached hydrogens (tertiary/aromatic N) is 3. The third-order valence-corrected chi connectivity index (χ3v) is 3.66. The maximum atomic E-state index is 11.9. The van der Waals surface area contributed by atoms with Gasteiger partial charge in [-0.1, -0.05) is 0 Å². The first kappa shape index (κ1) is 14.8. The fraction of sp³-hybridized carbons (Fsp3) is 0.500. The van der Waals surface area contributed by atoms with Crippen LogP contribution in [0.15, 0.2) is 24.7 Å². The number of ether oxygens (including phenoxy) is 1. The molecule has 0 amide bonds. The summed E-state index contributed by atoms with van der Waals surface area (Å²) >= 11 is 1.52. The summed E-state index contributed by atoms with van der Waals surface area (Å²) in [6.07, 6.45) is 5.54. The zero-order valence-electron chi connectivity index (χ0n) is 12.2. The van der Waals surface area contributed by atoms with Gasteiger partial charge in [-0.3, -0.25) is 9.20 Å². The summed E-state index contributed by atoms with van der Waals surface area (Å²) in [6, 6.07) is 1.86. The molecule has 0 aromatic carbocycles. The average molecular weight is 293 g/mol. The molecule has 1 atom stereocenters. The Morgan fingerprint density at radius 2 is 2.25 bits per heavy atom. The molecule has 108 valence electrons. The van der Waals surface area contributed by atoms with Crippen LogP contribution in [-0.4, -0.2) is 31.2 Å². The van der Waals surface area contributed by atoms with E-state index in [-0.39, 0.29) is 11.2 Å². The number of thioether (sulfide) groups is 1. The molecule has 0 saturated heterocycles. The first-order valence-electron chi connectivity index (χ1n) is 6.48.